The number of halogens is 1. The summed E-state index contributed by atoms with van der Waals surface area (Å²) in [6.45, 7) is 3.01. The fraction of sp³-hybridized carbons (Fsp3) is 0.500. The molecule has 190 valence electrons. The average Bonchev–Trinajstić information content (AvgIpc) is 2.83. The highest BCUT2D eigenvalue weighted by atomic mass is 19.1. The number of rotatable bonds is 6. The number of nitrogens with zero attached hydrogens (tertiary/aromatic N) is 1. The third-order valence-electron chi connectivity index (χ3n) is 5.90. The number of aryl methyl sites for hydroxylation is 1. The second kappa shape index (κ2) is 13.7. The molecule has 3 rings (SSSR count). The van der Waals surface area contributed by atoms with Gasteiger partial charge in [-0.05, 0) is 60.9 Å². The Morgan fingerprint density at radius 1 is 1.14 bits per heavy atom. The third kappa shape index (κ3) is 9.26. The van der Waals surface area contributed by atoms with Gasteiger partial charge in [0.25, 0.3) is 0 Å². The van der Waals surface area contributed by atoms with Gasteiger partial charge in [0, 0.05) is 38.0 Å². The highest BCUT2D eigenvalue weighted by molar-refractivity contribution is 5.84. The Morgan fingerprint density at radius 2 is 1.97 bits per heavy atom. The summed E-state index contributed by atoms with van der Waals surface area (Å²) in [5.74, 6) is -0.637. The van der Waals surface area contributed by atoms with Crippen molar-refractivity contribution < 1.29 is 23.8 Å². The zero-order chi connectivity index (χ0) is 25.0. The molecule has 1 aromatic carbocycles. The largest absolute Gasteiger partial charge is 0.493 e. The third-order valence-corrected chi connectivity index (χ3v) is 5.90. The van der Waals surface area contributed by atoms with Gasteiger partial charge in [0.2, 0.25) is 11.8 Å². The number of aliphatic hydroxyl groups excluding tert-OH is 1. The Morgan fingerprint density at radius 3 is 2.80 bits per heavy atom. The van der Waals surface area contributed by atoms with Crippen LogP contribution in [0.15, 0.2) is 36.7 Å². The highest BCUT2D eigenvalue weighted by Crippen LogP contribution is 2.19. The van der Waals surface area contributed by atoms with Gasteiger partial charge in [-0.3, -0.25) is 14.6 Å². The van der Waals surface area contributed by atoms with E-state index in [9.17, 15) is 19.1 Å². The minimum atomic E-state index is -0.955. The number of fused-ring (bicyclic) bond motifs is 2. The Balaban J connectivity index is 1.70. The Labute approximate surface area is 205 Å². The molecular formula is C26H35FN4O4. The second-order valence-corrected chi connectivity index (χ2v) is 8.86. The van der Waals surface area contributed by atoms with Gasteiger partial charge < -0.3 is 25.8 Å². The minimum absolute atomic E-state index is 0.178. The summed E-state index contributed by atoms with van der Waals surface area (Å²) in [5.41, 5.74) is 2.72. The SMILES string of the molecule is CCc1cncc(CNC[C@@H](O)[C@@H]2Cc3cc(F)cc(c3)OCCCCCC(=O)NCC(=O)N2)c1. The summed E-state index contributed by atoms with van der Waals surface area (Å²) in [7, 11) is 0. The van der Waals surface area contributed by atoms with Crippen LogP contribution in [0.5, 0.6) is 5.75 Å². The van der Waals surface area contributed by atoms with Crippen molar-refractivity contribution in [1.29, 1.82) is 0 Å². The lowest BCUT2D eigenvalue weighted by Crippen LogP contribution is -2.51. The molecule has 2 amide bonds. The molecule has 0 aliphatic carbocycles. The number of ether oxygens (including phenoxy) is 1. The summed E-state index contributed by atoms with van der Waals surface area (Å²) in [4.78, 5) is 28.8. The molecule has 0 spiro atoms. The molecule has 0 radical (unpaired) electrons. The first-order chi connectivity index (χ1) is 16.9. The zero-order valence-electron chi connectivity index (χ0n) is 20.2. The predicted molar refractivity (Wildman–Crippen MR) is 130 cm³/mol. The first-order valence-electron chi connectivity index (χ1n) is 12.2. The zero-order valence-corrected chi connectivity index (χ0v) is 20.2. The molecule has 8 nitrogen and oxygen atoms in total. The smallest absolute Gasteiger partial charge is 0.239 e. The van der Waals surface area contributed by atoms with Crippen LogP contribution in [0.1, 0.15) is 49.3 Å². The van der Waals surface area contributed by atoms with Crippen molar-refractivity contribution >= 4 is 11.8 Å². The Kier molecular flexibility index (Phi) is 10.4. The van der Waals surface area contributed by atoms with Gasteiger partial charge in [0.1, 0.15) is 11.6 Å². The number of carbonyl (C=O) groups is 2. The topological polar surface area (TPSA) is 113 Å². The average molecular weight is 487 g/mol. The normalized spacial score (nSPS) is 18.8. The minimum Gasteiger partial charge on any atom is -0.493 e. The van der Waals surface area contributed by atoms with E-state index in [1.165, 1.54) is 12.1 Å². The molecule has 0 fully saturated rings. The number of amides is 2. The summed E-state index contributed by atoms with van der Waals surface area (Å²) >= 11 is 0. The van der Waals surface area contributed by atoms with Crippen molar-refractivity contribution in [2.45, 2.75) is 64.1 Å². The van der Waals surface area contributed by atoms with Crippen LogP contribution in [0, 0.1) is 5.82 Å². The van der Waals surface area contributed by atoms with E-state index in [4.69, 9.17) is 4.74 Å². The number of carbonyl (C=O) groups excluding carboxylic acids is 2. The maximum Gasteiger partial charge on any atom is 0.239 e. The van der Waals surface area contributed by atoms with Crippen LogP contribution in [-0.2, 0) is 29.0 Å². The lowest BCUT2D eigenvalue weighted by Gasteiger charge is -2.25. The van der Waals surface area contributed by atoms with E-state index in [0.29, 0.717) is 37.3 Å². The predicted octanol–water partition coefficient (Wildman–Crippen LogP) is 2.03. The number of hydrogen-bond donors (Lipinski definition) is 4. The van der Waals surface area contributed by atoms with Gasteiger partial charge in [-0.15, -0.1) is 0 Å². The van der Waals surface area contributed by atoms with Crippen LogP contribution in [0.25, 0.3) is 0 Å². The number of nitrogens with one attached hydrogen (secondary N) is 3. The second-order valence-electron chi connectivity index (χ2n) is 8.86. The first-order valence-corrected chi connectivity index (χ1v) is 12.2. The maximum absolute atomic E-state index is 14.2. The van der Waals surface area contributed by atoms with E-state index < -0.39 is 23.9 Å². The molecule has 1 aliphatic rings. The van der Waals surface area contributed by atoms with E-state index in [-0.39, 0.29) is 25.4 Å². The van der Waals surface area contributed by atoms with Gasteiger partial charge in [0.15, 0.2) is 0 Å². The van der Waals surface area contributed by atoms with Gasteiger partial charge in [-0.1, -0.05) is 13.0 Å². The number of aromatic nitrogens is 1. The summed E-state index contributed by atoms with van der Waals surface area (Å²) < 4.78 is 19.9. The van der Waals surface area contributed by atoms with Crippen LogP contribution in [-0.4, -0.2) is 53.7 Å². The Hall–Kier alpha value is -3.04. The van der Waals surface area contributed by atoms with Crippen molar-refractivity contribution in [3.05, 3.63) is 59.2 Å². The fourth-order valence-electron chi connectivity index (χ4n) is 3.98. The molecule has 1 aromatic heterocycles. The number of hydrogen-bond acceptors (Lipinski definition) is 6. The molecule has 2 aromatic rings. The molecule has 2 heterocycles. The van der Waals surface area contributed by atoms with Crippen molar-refractivity contribution in [3.63, 3.8) is 0 Å². The highest BCUT2D eigenvalue weighted by Gasteiger charge is 2.23. The lowest BCUT2D eigenvalue weighted by molar-refractivity contribution is -0.126. The van der Waals surface area contributed by atoms with Crippen molar-refractivity contribution in [3.8, 4) is 5.75 Å². The van der Waals surface area contributed by atoms with E-state index in [0.717, 1.165) is 30.4 Å². The fourth-order valence-corrected chi connectivity index (χ4v) is 3.98. The summed E-state index contributed by atoms with van der Waals surface area (Å²) in [6, 6.07) is 5.79. The molecular weight excluding hydrogens is 451 g/mol. The molecule has 0 saturated heterocycles. The molecule has 9 heteroatoms. The van der Waals surface area contributed by atoms with Crippen LogP contribution >= 0.6 is 0 Å². The lowest BCUT2D eigenvalue weighted by atomic mass is 10.00. The molecule has 0 saturated carbocycles. The molecule has 4 N–H and O–H groups in total. The van der Waals surface area contributed by atoms with E-state index >= 15 is 0 Å². The summed E-state index contributed by atoms with van der Waals surface area (Å²) in [5, 5.41) is 19.5. The molecule has 1 aliphatic heterocycles. The first kappa shape index (κ1) is 26.6. The molecule has 2 atom stereocenters. The molecule has 2 bridgehead atoms. The summed E-state index contributed by atoms with van der Waals surface area (Å²) in [6.07, 6.45) is 6.24. The van der Waals surface area contributed by atoms with Crippen molar-refractivity contribution in [2.24, 2.45) is 0 Å². The monoisotopic (exact) mass is 486 g/mol. The van der Waals surface area contributed by atoms with Crippen LogP contribution in [0.3, 0.4) is 0 Å². The van der Waals surface area contributed by atoms with E-state index in [1.807, 2.05) is 6.20 Å². The number of aliphatic hydroxyl groups is 1. The van der Waals surface area contributed by atoms with Crippen LogP contribution < -0.4 is 20.7 Å². The quantitative estimate of drug-likeness (QED) is 0.497. The molecule has 35 heavy (non-hydrogen) atoms. The van der Waals surface area contributed by atoms with Gasteiger partial charge in [-0.2, -0.15) is 0 Å². The van der Waals surface area contributed by atoms with Gasteiger partial charge >= 0.3 is 0 Å². The van der Waals surface area contributed by atoms with Crippen LogP contribution in [0.4, 0.5) is 4.39 Å². The van der Waals surface area contributed by atoms with E-state index in [2.05, 4.69) is 33.9 Å². The number of pyridine rings is 1. The number of benzene rings is 1. The van der Waals surface area contributed by atoms with Gasteiger partial charge in [-0.25, -0.2) is 4.39 Å². The van der Waals surface area contributed by atoms with Crippen molar-refractivity contribution in [2.75, 3.05) is 19.7 Å². The van der Waals surface area contributed by atoms with Gasteiger partial charge in [0.05, 0.1) is 25.3 Å². The van der Waals surface area contributed by atoms with Crippen LogP contribution in [0.2, 0.25) is 0 Å². The Bertz CT molecular complexity index is 988. The maximum atomic E-state index is 14.2. The van der Waals surface area contributed by atoms with Crippen molar-refractivity contribution in [1.82, 2.24) is 20.9 Å². The standard InChI is InChI=1S/C26H35FN4O4/c1-2-18-8-20(14-28-13-18)15-29-16-24(32)23-11-19-9-21(27)12-22(10-19)35-7-5-3-4-6-25(33)30-17-26(34)31-23/h8-10,12-14,23-24,29,32H,2-7,11,15-17H2,1H3,(H,30,33)(H,31,34)/t23-,24+/m0/s1. The molecule has 0 unspecified atom stereocenters. The van der Waals surface area contributed by atoms with E-state index in [1.54, 1.807) is 12.3 Å².